The molecule has 3 rings (SSSR count). The van der Waals surface area contributed by atoms with E-state index in [0.717, 1.165) is 12.1 Å². The van der Waals surface area contributed by atoms with Crippen LogP contribution in [0.15, 0.2) is 24.3 Å². The van der Waals surface area contributed by atoms with Crippen LogP contribution in [0.4, 0.5) is 5.69 Å². The molecule has 2 aliphatic rings. The van der Waals surface area contributed by atoms with E-state index in [4.69, 9.17) is 0 Å². The normalized spacial score (nSPS) is 28.8. The topological polar surface area (TPSA) is 15.3 Å². The van der Waals surface area contributed by atoms with Crippen LogP contribution in [0.1, 0.15) is 57.4 Å². The van der Waals surface area contributed by atoms with E-state index in [1.165, 1.54) is 62.6 Å². The summed E-state index contributed by atoms with van der Waals surface area (Å²) < 4.78 is 0. The van der Waals surface area contributed by atoms with E-state index in [2.05, 4.69) is 48.5 Å². The summed E-state index contributed by atoms with van der Waals surface area (Å²) in [4.78, 5) is 2.61. The smallest absolute Gasteiger partial charge is 0.0342 e. The van der Waals surface area contributed by atoms with Crippen molar-refractivity contribution in [2.75, 3.05) is 12.4 Å². The van der Waals surface area contributed by atoms with Gasteiger partial charge in [0.1, 0.15) is 0 Å². The van der Waals surface area contributed by atoms with E-state index in [-0.39, 0.29) is 0 Å². The minimum atomic E-state index is 0.671. The molecule has 2 unspecified atom stereocenters. The second kappa shape index (κ2) is 6.83. The first-order chi connectivity index (χ1) is 10.3. The molecule has 1 aromatic carbocycles. The Morgan fingerprint density at radius 2 is 1.71 bits per heavy atom. The summed E-state index contributed by atoms with van der Waals surface area (Å²) in [6, 6.07) is 11.5. The zero-order chi connectivity index (χ0) is 14.7. The maximum absolute atomic E-state index is 3.77. The van der Waals surface area contributed by atoms with Crippen LogP contribution in [0.3, 0.4) is 0 Å². The van der Waals surface area contributed by atoms with Gasteiger partial charge in [0.2, 0.25) is 0 Å². The molecule has 2 saturated heterocycles. The minimum absolute atomic E-state index is 0.671. The monoisotopic (exact) mass is 286 g/mol. The van der Waals surface area contributed by atoms with E-state index in [1.807, 2.05) is 0 Å². The molecule has 116 valence electrons. The van der Waals surface area contributed by atoms with Crippen molar-refractivity contribution in [3.05, 3.63) is 29.8 Å². The summed E-state index contributed by atoms with van der Waals surface area (Å²) in [7, 11) is 2.31. The molecule has 0 spiro atoms. The fourth-order valence-corrected chi connectivity index (χ4v) is 4.11. The average Bonchev–Trinajstić information content (AvgIpc) is 2.72. The Morgan fingerprint density at radius 3 is 2.33 bits per heavy atom. The third-order valence-electron chi connectivity index (χ3n) is 5.49. The highest BCUT2D eigenvalue weighted by Gasteiger charge is 2.38. The van der Waals surface area contributed by atoms with E-state index >= 15 is 0 Å². The Kier molecular flexibility index (Phi) is 4.84. The Bertz CT molecular complexity index is 425. The Hall–Kier alpha value is -1.02. The molecule has 2 fully saturated rings. The lowest BCUT2D eigenvalue weighted by Crippen LogP contribution is -2.44. The second-order valence-electron chi connectivity index (χ2n) is 7.02. The van der Waals surface area contributed by atoms with Crippen molar-refractivity contribution < 1.29 is 0 Å². The Balaban J connectivity index is 1.51. The van der Waals surface area contributed by atoms with Gasteiger partial charge in [-0.2, -0.15) is 0 Å². The van der Waals surface area contributed by atoms with E-state index in [9.17, 15) is 0 Å². The predicted octanol–water partition coefficient (Wildman–Crippen LogP) is 4.46. The molecule has 0 aromatic heterocycles. The zero-order valence-corrected chi connectivity index (χ0v) is 13.6. The van der Waals surface area contributed by atoms with Crippen LogP contribution in [0, 0.1) is 0 Å². The standard InChI is InChI=1S/C19H30N2/c1-3-4-5-6-15-7-9-16(10-8-15)20-17-13-18-11-12-19(14-17)21(18)2/h7-10,17-20H,3-6,11-14H2,1-2H3. The largest absolute Gasteiger partial charge is 0.382 e. The van der Waals surface area contributed by atoms with Gasteiger partial charge < -0.3 is 10.2 Å². The SMILES string of the molecule is CCCCCc1ccc(NC2CC3CCC(C2)N3C)cc1. The van der Waals surface area contributed by atoms with Gasteiger partial charge in [0.05, 0.1) is 0 Å². The van der Waals surface area contributed by atoms with Gasteiger partial charge in [-0.15, -0.1) is 0 Å². The number of benzene rings is 1. The third kappa shape index (κ3) is 3.60. The molecule has 0 radical (unpaired) electrons. The second-order valence-corrected chi connectivity index (χ2v) is 7.02. The molecule has 1 N–H and O–H groups in total. The minimum Gasteiger partial charge on any atom is -0.382 e. The maximum atomic E-state index is 3.77. The van der Waals surface area contributed by atoms with Crippen molar-refractivity contribution >= 4 is 5.69 Å². The molecule has 2 aliphatic heterocycles. The summed E-state index contributed by atoms with van der Waals surface area (Å²) in [5.41, 5.74) is 2.79. The molecule has 2 bridgehead atoms. The van der Waals surface area contributed by atoms with E-state index in [1.54, 1.807) is 0 Å². The number of hydrogen-bond acceptors (Lipinski definition) is 2. The molecule has 0 amide bonds. The molecule has 2 heterocycles. The van der Waals surface area contributed by atoms with Gasteiger partial charge >= 0.3 is 0 Å². The van der Waals surface area contributed by atoms with Crippen LogP contribution in [0.25, 0.3) is 0 Å². The number of fused-ring (bicyclic) bond motifs is 2. The van der Waals surface area contributed by atoms with Crippen molar-refractivity contribution in [2.24, 2.45) is 0 Å². The summed E-state index contributed by atoms with van der Waals surface area (Å²) >= 11 is 0. The molecule has 2 nitrogen and oxygen atoms in total. The number of piperidine rings is 1. The van der Waals surface area contributed by atoms with Crippen LogP contribution in [0.5, 0.6) is 0 Å². The van der Waals surface area contributed by atoms with Crippen molar-refractivity contribution in [1.82, 2.24) is 4.90 Å². The highest BCUT2D eigenvalue weighted by molar-refractivity contribution is 5.45. The van der Waals surface area contributed by atoms with Crippen LogP contribution >= 0.6 is 0 Å². The molecule has 0 aliphatic carbocycles. The Labute approximate surface area is 129 Å². The van der Waals surface area contributed by atoms with Crippen molar-refractivity contribution in [2.45, 2.75) is 76.4 Å². The molecule has 2 atom stereocenters. The number of unbranched alkanes of at least 4 members (excludes halogenated alkanes) is 2. The van der Waals surface area contributed by atoms with Crippen LogP contribution in [-0.4, -0.2) is 30.1 Å². The number of hydrogen-bond donors (Lipinski definition) is 1. The molecular formula is C19H30N2. The molecule has 0 saturated carbocycles. The molecule has 2 heteroatoms. The zero-order valence-electron chi connectivity index (χ0n) is 13.6. The predicted molar refractivity (Wildman–Crippen MR) is 90.9 cm³/mol. The lowest BCUT2D eigenvalue weighted by atomic mass is 9.97. The van der Waals surface area contributed by atoms with Crippen LogP contribution in [0.2, 0.25) is 0 Å². The van der Waals surface area contributed by atoms with E-state index < -0.39 is 0 Å². The first-order valence-corrected chi connectivity index (χ1v) is 8.83. The number of aryl methyl sites for hydroxylation is 1. The van der Waals surface area contributed by atoms with Crippen LogP contribution in [-0.2, 0) is 6.42 Å². The summed E-state index contributed by atoms with van der Waals surface area (Å²) in [5, 5.41) is 3.77. The van der Waals surface area contributed by atoms with Gasteiger partial charge in [0.25, 0.3) is 0 Å². The highest BCUT2D eigenvalue weighted by Crippen LogP contribution is 2.35. The average molecular weight is 286 g/mol. The van der Waals surface area contributed by atoms with Crippen molar-refractivity contribution in [1.29, 1.82) is 0 Å². The third-order valence-corrected chi connectivity index (χ3v) is 5.49. The number of nitrogens with one attached hydrogen (secondary N) is 1. The number of anilines is 1. The number of rotatable bonds is 6. The van der Waals surface area contributed by atoms with Crippen molar-refractivity contribution in [3.8, 4) is 0 Å². The lowest BCUT2D eigenvalue weighted by Gasteiger charge is -2.37. The number of nitrogens with zero attached hydrogens (tertiary/aromatic N) is 1. The summed E-state index contributed by atoms with van der Waals surface area (Å²) in [6.07, 6.45) is 10.6. The van der Waals surface area contributed by atoms with Crippen molar-refractivity contribution in [3.63, 3.8) is 0 Å². The van der Waals surface area contributed by atoms with Gasteiger partial charge in [-0.1, -0.05) is 31.9 Å². The first-order valence-electron chi connectivity index (χ1n) is 8.83. The van der Waals surface area contributed by atoms with Gasteiger partial charge in [-0.05, 0) is 63.3 Å². The van der Waals surface area contributed by atoms with Gasteiger partial charge in [0.15, 0.2) is 0 Å². The van der Waals surface area contributed by atoms with E-state index in [0.29, 0.717) is 6.04 Å². The fourth-order valence-electron chi connectivity index (χ4n) is 4.11. The molecule has 1 aromatic rings. The van der Waals surface area contributed by atoms with Gasteiger partial charge in [0, 0.05) is 23.8 Å². The first kappa shape index (κ1) is 14.9. The van der Waals surface area contributed by atoms with Gasteiger partial charge in [-0.25, -0.2) is 0 Å². The summed E-state index contributed by atoms with van der Waals surface area (Å²) in [6.45, 7) is 2.27. The van der Waals surface area contributed by atoms with Gasteiger partial charge in [-0.3, -0.25) is 0 Å². The quantitative estimate of drug-likeness (QED) is 0.777. The highest BCUT2D eigenvalue weighted by atomic mass is 15.2. The Morgan fingerprint density at radius 1 is 1.05 bits per heavy atom. The lowest BCUT2D eigenvalue weighted by molar-refractivity contribution is 0.169. The van der Waals surface area contributed by atoms with Crippen LogP contribution < -0.4 is 5.32 Å². The molecule has 21 heavy (non-hydrogen) atoms. The molecular weight excluding hydrogens is 256 g/mol. The fraction of sp³-hybridized carbons (Fsp3) is 0.684. The summed E-state index contributed by atoms with van der Waals surface area (Å²) in [5.74, 6) is 0. The maximum Gasteiger partial charge on any atom is 0.0342 e.